The van der Waals surface area contributed by atoms with Crippen LogP contribution in [0.5, 0.6) is 0 Å². The maximum absolute atomic E-state index is 13.3. The SMILES string of the molecule is Cn1cccc1CN(Cc1ccco1)C(=O)CN(C(=O)Nc1cc(C(F)(F)F)cc(C(F)(F)F)c1)C1CC1. The number of aryl methyl sites for hydroxylation is 1. The molecule has 3 amide bonds. The van der Waals surface area contributed by atoms with E-state index in [4.69, 9.17) is 4.42 Å². The number of hydrogen-bond acceptors (Lipinski definition) is 3. The van der Waals surface area contributed by atoms with Crippen LogP contribution in [0.25, 0.3) is 0 Å². The second-order valence-corrected chi connectivity index (χ2v) is 9.02. The molecular formula is C25H24F6N4O3. The number of amides is 3. The van der Waals surface area contributed by atoms with Gasteiger partial charge in [0.15, 0.2) is 0 Å². The van der Waals surface area contributed by atoms with Crippen molar-refractivity contribution in [1.29, 1.82) is 0 Å². The Hall–Kier alpha value is -3.90. The van der Waals surface area contributed by atoms with E-state index in [9.17, 15) is 35.9 Å². The van der Waals surface area contributed by atoms with Crippen molar-refractivity contribution in [1.82, 2.24) is 14.4 Å². The number of aromatic nitrogens is 1. The predicted molar refractivity (Wildman–Crippen MR) is 124 cm³/mol. The zero-order chi connectivity index (χ0) is 27.7. The molecule has 204 valence electrons. The smallest absolute Gasteiger partial charge is 0.416 e. The fourth-order valence-corrected chi connectivity index (χ4v) is 3.90. The van der Waals surface area contributed by atoms with E-state index < -0.39 is 47.6 Å². The second kappa shape index (κ2) is 10.5. The van der Waals surface area contributed by atoms with Gasteiger partial charge < -0.3 is 24.1 Å². The molecule has 13 heteroatoms. The van der Waals surface area contributed by atoms with Crippen LogP contribution in [0.15, 0.2) is 59.3 Å². The lowest BCUT2D eigenvalue weighted by molar-refractivity contribution is -0.143. The largest absolute Gasteiger partial charge is 0.467 e. The van der Waals surface area contributed by atoms with Crippen molar-refractivity contribution < 1.29 is 40.3 Å². The first-order valence-corrected chi connectivity index (χ1v) is 11.6. The minimum atomic E-state index is -5.06. The van der Waals surface area contributed by atoms with Crippen LogP contribution in [0, 0.1) is 0 Å². The predicted octanol–water partition coefficient (Wildman–Crippen LogP) is 5.88. The van der Waals surface area contributed by atoms with Gasteiger partial charge in [-0.2, -0.15) is 26.3 Å². The summed E-state index contributed by atoms with van der Waals surface area (Å²) in [4.78, 5) is 29.0. The van der Waals surface area contributed by atoms with Gasteiger partial charge in [-0.3, -0.25) is 4.79 Å². The van der Waals surface area contributed by atoms with Crippen LogP contribution in [0.2, 0.25) is 0 Å². The first-order chi connectivity index (χ1) is 17.8. The molecule has 1 aliphatic rings. The third-order valence-electron chi connectivity index (χ3n) is 6.08. The standard InChI is InChI=1S/C25H24F6N4O3/c1-33-8-2-4-20(33)13-34(14-21-5-3-9-38-21)22(36)15-35(19-6-7-19)23(37)32-18-11-16(24(26,27)28)10-17(12-18)25(29,30)31/h2-5,8-12,19H,6-7,13-15H2,1H3,(H,32,37). The minimum absolute atomic E-state index is 0.0199. The number of urea groups is 1. The molecule has 0 aliphatic heterocycles. The summed E-state index contributed by atoms with van der Waals surface area (Å²) in [5.41, 5.74) is -2.98. The molecule has 4 rings (SSSR count). The maximum atomic E-state index is 13.3. The highest BCUT2D eigenvalue weighted by molar-refractivity contribution is 5.93. The molecule has 38 heavy (non-hydrogen) atoms. The van der Waals surface area contributed by atoms with E-state index in [1.165, 1.54) is 11.2 Å². The number of nitrogens with one attached hydrogen (secondary N) is 1. The van der Waals surface area contributed by atoms with Crippen molar-refractivity contribution in [2.45, 2.75) is 44.3 Å². The lowest BCUT2D eigenvalue weighted by Gasteiger charge is -2.28. The number of carbonyl (C=O) groups excluding carboxylic acids is 2. The number of rotatable bonds is 8. The molecule has 1 aromatic carbocycles. The summed E-state index contributed by atoms with van der Waals surface area (Å²) in [6, 6.07) is 6.47. The molecule has 0 radical (unpaired) electrons. The highest BCUT2D eigenvalue weighted by Crippen LogP contribution is 2.38. The van der Waals surface area contributed by atoms with Gasteiger partial charge in [-0.1, -0.05) is 0 Å². The van der Waals surface area contributed by atoms with Crippen molar-refractivity contribution in [3.8, 4) is 0 Å². The van der Waals surface area contributed by atoms with E-state index >= 15 is 0 Å². The first-order valence-electron chi connectivity index (χ1n) is 11.6. The topological polar surface area (TPSA) is 70.7 Å². The highest BCUT2D eigenvalue weighted by atomic mass is 19.4. The Balaban J connectivity index is 1.54. The second-order valence-electron chi connectivity index (χ2n) is 9.02. The number of alkyl halides is 6. The number of furan rings is 1. The summed E-state index contributed by atoms with van der Waals surface area (Å²) >= 11 is 0. The van der Waals surface area contributed by atoms with Gasteiger partial charge in [-0.25, -0.2) is 4.79 Å². The Morgan fingerprint density at radius 3 is 2.16 bits per heavy atom. The molecule has 0 saturated heterocycles. The lowest BCUT2D eigenvalue weighted by atomic mass is 10.1. The number of anilines is 1. The molecule has 0 atom stereocenters. The Morgan fingerprint density at radius 1 is 1.00 bits per heavy atom. The zero-order valence-electron chi connectivity index (χ0n) is 20.1. The summed E-state index contributed by atoms with van der Waals surface area (Å²) in [6.07, 6.45) is -5.76. The Labute approximate surface area is 213 Å². The number of carbonyl (C=O) groups is 2. The molecule has 7 nitrogen and oxygen atoms in total. The average Bonchev–Trinajstić information content (AvgIpc) is 3.38. The third-order valence-corrected chi connectivity index (χ3v) is 6.08. The number of hydrogen-bond donors (Lipinski definition) is 1. The summed E-state index contributed by atoms with van der Waals surface area (Å²) in [7, 11) is 1.80. The van der Waals surface area contributed by atoms with E-state index in [1.807, 2.05) is 10.6 Å². The van der Waals surface area contributed by atoms with E-state index in [0.717, 1.165) is 10.6 Å². The van der Waals surface area contributed by atoms with Crippen molar-refractivity contribution >= 4 is 17.6 Å². The molecule has 1 fully saturated rings. The highest BCUT2D eigenvalue weighted by Gasteiger charge is 2.38. The van der Waals surface area contributed by atoms with E-state index in [-0.39, 0.29) is 25.2 Å². The average molecular weight is 542 g/mol. The minimum Gasteiger partial charge on any atom is -0.467 e. The van der Waals surface area contributed by atoms with E-state index in [0.29, 0.717) is 30.7 Å². The maximum Gasteiger partial charge on any atom is 0.416 e. The van der Waals surface area contributed by atoms with Crippen molar-refractivity contribution in [3.63, 3.8) is 0 Å². The quantitative estimate of drug-likeness (QED) is 0.362. The Morgan fingerprint density at radius 2 is 1.66 bits per heavy atom. The normalized spacial score (nSPS) is 13.9. The van der Waals surface area contributed by atoms with Crippen molar-refractivity contribution in [2.24, 2.45) is 7.05 Å². The van der Waals surface area contributed by atoms with Crippen LogP contribution in [-0.2, 0) is 37.3 Å². The zero-order valence-corrected chi connectivity index (χ0v) is 20.1. The van der Waals surface area contributed by atoms with Gasteiger partial charge in [-0.05, 0) is 55.3 Å². The molecule has 2 aromatic heterocycles. The van der Waals surface area contributed by atoms with Crippen molar-refractivity contribution in [3.05, 3.63) is 77.5 Å². The van der Waals surface area contributed by atoms with E-state index in [1.54, 1.807) is 31.4 Å². The molecule has 3 aromatic rings. The summed E-state index contributed by atoms with van der Waals surface area (Å²) in [5.74, 6) is 0.0308. The van der Waals surface area contributed by atoms with Crippen LogP contribution in [0.1, 0.15) is 35.4 Å². The van der Waals surface area contributed by atoms with Gasteiger partial charge in [-0.15, -0.1) is 0 Å². The molecule has 1 saturated carbocycles. The van der Waals surface area contributed by atoms with Gasteiger partial charge in [0, 0.05) is 30.7 Å². The van der Waals surface area contributed by atoms with Gasteiger partial charge in [0.1, 0.15) is 12.3 Å². The molecule has 2 heterocycles. The molecule has 1 aliphatic carbocycles. The van der Waals surface area contributed by atoms with Gasteiger partial charge in [0.2, 0.25) is 5.91 Å². The monoisotopic (exact) mass is 542 g/mol. The number of halogens is 6. The lowest BCUT2D eigenvalue weighted by Crippen LogP contribution is -2.45. The van der Waals surface area contributed by atoms with Crippen LogP contribution in [0.3, 0.4) is 0 Å². The van der Waals surface area contributed by atoms with Crippen LogP contribution in [-0.4, -0.2) is 38.9 Å². The van der Waals surface area contributed by atoms with Crippen LogP contribution in [0.4, 0.5) is 36.8 Å². The van der Waals surface area contributed by atoms with Crippen LogP contribution >= 0.6 is 0 Å². The first kappa shape index (κ1) is 27.1. The van der Waals surface area contributed by atoms with Crippen molar-refractivity contribution in [2.75, 3.05) is 11.9 Å². The van der Waals surface area contributed by atoms with Gasteiger partial charge in [0.25, 0.3) is 0 Å². The van der Waals surface area contributed by atoms with Gasteiger partial charge >= 0.3 is 18.4 Å². The number of nitrogens with zero attached hydrogens (tertiary/aromatic N) is 3. The fourth-order valence-electron chi connectivity index (χ4n) is 3.90. The summed E-state index contributed by atoms with van der Waals surface area (Å²) in [5, 5.41) is 2.13. The third kappa shape index (κ3) is 6.69. The number of benzene rings is 1. The molecule has 1 N–H and O–H groups in total. The Kier molecular flexibility index (Phi) is 7.47. The Bertz CT molecular complexity index is 1250. The molecule has 0 bridgehead atoms. The van der Waals surface area contributed by atoms with Gasteiger partial charge in [0.05, 0.1) is 30.5 Å². The summed E-state index contributed by atoms with van der Waals surface area (Å²) < 4.78 is 86.5. The van der Waals surface area contributed by atoms with Crippen LogP contribution < -0.4 is 5.32 Å². The molecular weight excluding hydrogens is 518 g/mol. The molecule has 0 spiro atoms. The molecule has 0 unspecified atom stereocenters. The van der Waals surface area contributed by atoms with E-state index in [2.05, 4.69) is 5.32 Å². The fraction of sp³-hybridized carbons (Fsp3) is 0.360. The summed E-state index contributed by atoms with van der Waals surface area (Å²) in [6.45, 7) is -0.141.